The molecule has 1 atom stereocenters. The minimum atomic E-state index is -0.790. The van der Waals surface area contributed by atoms with Crippen LogP contribution >= 0.6 is 0 Å². The molecule has 0 saturated heterocycles. The van der Waals surface area contributed by atoms with Crippen molar-refractivity contribution in [2.24, 2.45) is 0 Å². The first kappa shape index (κ1) is 20.2. The predicted molar refractivity (Wildman–Crippen MR) is 118 cm³/mol. The van der Waals surface area contributed by atoms with Gasteiger partial charge in [-0.1, -0.05) is 38.1 Å². The van der Waals surface area contributed by atoms with Crippen molar-refractivity contribution in [3.05, 3.63) is 65.9 Å². The summed E-state index contributed by atoms with van der Waals surface area (Å²) in [7, 11) is -0.790. The lowest BCUT2D eigenvalue weighted by molar-refractivity contribution is 0.0989. The molecule has 1 N–H and O–H groups in total. The Kier molecular flexibility index (Phi) is 6.93. The van der Waals surface area contributed by atoms with Crippen LogP contribution < -0.4 is 5.32 Å². The third-order valence-corrected chi connectivity index (χ3v) is 6.17. The summed E-state index contributed by atoms with van der Waals surface area (Å²) in [5.74, 6) is 1.45. The second-order valence-corrected chi connectivity index (χ2v) is 8.46. The van der Waals surface area contributed by atoms with Crippen LogP contribution in [0.4, 0.5) is 11.4 Å². The molecule has 28 heavy (non-hydrogen) atoms. The van der Waals surface area contributed by atoms with Crippen molar-refractivity contribution in [3.8, 4) is 0 Å². The summed E-state index contributed by atoms with van der Waals surface area (Å²) in [5, 5.41) is 4.34. The van der Waals surface area contributed by atoms with E-state index in [1.165, 1.54) is 0 Å². The molecular weight excluding hydrogens is 368 g/mol. The largest absolute Gasteiger partial charge is 0.354 e. The van der Waals surface area contributed by atoms with Gasteiger partial charge < -0.3 is 5.32 Å². The summed E-state index contributed by atoms with van der Waals surface area (Å²) in [6, 6.07) is 15.9. The molecule has 0 aliphatic heterocycles. The summed E-state index contributed by atoms with van der Waals surface area (Å²) >= 11 is 0. The number of ketones is 1. The number of hydrogen-bond donors (Lipinski definition) is 1. The minimum Gasteiger partial charge on any atom is -0.354 e. The monoisotopic (exact) mass is 394 g/mol. The van der Waals surface area contributed by atoms with Gasteiger partial charge in [0.1, 0.15) is 0 Å². The van der Waals surface area contributed by atoms with Gasteiger partial charge >= 0.3 is 0 Å². The van der Waals surface area contributed by atoms with Crippen molar-refractivity contribution in [2.75, 3.05) is 16.8 Å². The van der Waals surface area contributed by atoms with E-state index in [2.05, 4.69) is 16.4 Å². The van der Waals surface area contributed by atoms with E-state index in [1.807, 2.05) is 56.3 Å². The lowest BCUT2D eigenvalue weighted by Gasteiger charge is -2.15. The van der Waals surface area contributed by atoms with Gasteiger partial charge in [-0.25, -0.2) is 0 Å². The first-order chi connectivity index (χ1) is 13.6. The van der Waals surface area contributed by atoms with E-state index >= 15 is 0 Å². The van der Waals surface area contributed by atoms with Crippen LogP contribution in [-0.4, -0.2) is 26.5 Å². The third-order valence-electron chi connectivity index (χ3n) is 4.65. The molecule has 0 aliphatic carbocycles. The van der Waals surface area contributed by atoms with Crippen LogP contribution in [0.2, 0.25) is 0 Å². The van der Waals surface area contributed by atoms with Crippen LogP contribution in [0.15, 0.2) is 54.7 Å². The highest BCUT2D eigenvalue weighted by molar-refractivity contribution is 7.84. The number of benzene rings is 2. The second-order valence-electron chi connectivity index (χ2n) is 6.76. The number of aryl methyl sites for hydroxylation is 1. The first-order valence-electron chi connectivity index (χ1n) is 9.74. The number of para-hydroxylation sites is 1. The van der Waals surface area contributed by atoms with Crippen LogP contribution in [0.3, 0.4) is 0 Å². The van der Waals surface area contributed by atoms with Crippen molar-refractivity contribution in [2.45, 2.75) is 33.1 Å². The van der Waals surface area contributed by atoms with Gasteiger partial charge in [-0.05, 0) is 42.7 Å². The van der Waals surface area contributed by atoms with Crippen molar-refractivity contribution in [1.82, 2.24) is 4.98 Å². The maximum absolute atomic E-state index is 12.5. The molecule has 146 valence electrons. The molecule has 4 nitrogen and oxygen atoms in total. The number of nitrogens with one attached hydrogen (secondary N) is 1. The molecule has 3 rings (SSSR count). The van der Waals surface area contributed by atoms with Gasteiger partial charge in [-0.2, -0.15) is 0 Å². The highest BCUT2D eigenvalue weighted by Gasteiger charge is 2.15. The number of fused-ring (bicyclic) bond motifs is 1. The van der Waals surface area contributed by atoms with Crippen molar-refractivity contribution in [3.63, 3.8) is 0 Å². The van der Waals surface area contributed by atoms with Crippen molar-refractivity contribution in [1.29, 1.82) is 0 Å². The topological polar surface area (TPSA) is 59.1 Å². The van der Waals surface area contributed by atoms with Gasteiger partial charge in [0.25, 0.3) is 0 Å². The Morgan fingerprint density at radius 1 is 1.07 bits per heavy atom. The average Bonchev–Trinajstić information content (AvgIpc) is 2.73. The normalized spacial score (nSPS) is 12.1. The molecule has 0 radical (unpaired) electrons. The quantitative estimate of drug-likeness (QED) is 0.502. The van der Waals surface area contributed by atoms with Gasteiger partial charge in [-0.3, -0.25) is 14.0 Å². The Morgan fingerprint density at radius 2 is 1.86 bits per heavy atom. The van der Waals surface area contributed by atoms with Crippen molar-refractivity contribution < 1.29 is 9.00 Å². The van der Waals surface area contributed by atoms with E-state index in [0.29, 0.717) is 17.7 Å². The number of carbonyl (C=O) groups is 1. The molecular formula is C23H26N2O2S. The molecule has 5 heteroatoms. The van der Waals surface area contributed by atoms with E-state index in [0.717, 1.165) is 46.4 Å². The second kappa shape index (κ2) is 9.60. The summed E-state index contributed by atoms with van der Waals surface area (Å²) in [6.45, 7) is 3.91. The van der Waals surface area contributed by atoms with Crippen molar-refractivity contribution >= 4 is 38.9 Å². The molecule has 0 saturated carbocycles. The zero-order chi connectivity index (χ0) is 19.9. The number of pyridine rings is 1. The molecule has 2 aromatic carbocycles. The molecule has 0 bridgehead atoms. The fourth-order valence-electron chi connectivity index (χ4n) is 3.16. The van der Waals surface area contributed by atoms with Crippen LogP contribution in [0.5, 0.6) is 0 Å². The minimum absolute atomic E-state index is 0.0577. The van der Waals surface area contributed by atoms with Gasteiger partial charge in [-0.15, -0.1) is 0 Å². The first-order valence-corrected chi connectivity index (χ1v) is 11.2. The Bertz CT molecular complexity index is 987. The Balaban J connectivity index is 2.02. The van der Waals surface area contributed by atoms with Gasteiger partial charge in [0.2, 0.25) is 0 Å². The number of hydrogen-bond acceptors (Lipinski definition) is 4. The fourth-order valence-corrected chi connectivity index (χ4v) is 4.28. The lowest BCUT2D eigenvalue weighted by Crippen LogP contribution is -2.06. The average molecular weight is 395 g/mol. The van der Waals surface area contributed by atoms with Gasteiger partial charge in [0.15, 0.2) is 5.78 Å². The maximum atomic E-state index is 12.5. The van der Waals surface area contributed by atoms with Gasteiger partial charge in [0, 0.05) is 46.0 Å². The number of carbonyl (C=O) groups excluding carboxylic acids is 1. The van der Waals surface area contributed by atoms with Gasteiger partial charge in [0.05, 0.1) is 16.8 Å². The SMILES string of the molecule is CCCS(=O)CCc1ccc2ncc(C(=O)CC)c(Nc3ccccc3)c2c1. The summed E-state index contributed by atoms with van der Waals surface area (Å²) in [6.07, 6.45) is 3.77. The molecule has 0 aliphatic rings. The highest BCUT2D eigenvalue weighted by Crippen LogP contribution is 2.31. The summed E-state index contributed by atoms with van der Waals surface area (Å²) < 4.78 is 12.0. The van der Waals surface area contributed by atoms with E-state index in [-0.39, 0.29) is 5.78 Å². The fraction of sp³-hybridized carbons (Fsp3) is 0.304. The van der Waals surface area contributed by atoms with E-state index < -0.39 is 10.8 Å². The lowest BCUT2D eigenvalue weighted by atomic mass is 10.0. The van der Waals surface area contributed by atoms with Crippen LogP contribution in [0, 0.1) is 0 Å². The van der Waals surface area contributed by atoms with Crippen LogP contribution in [0.25, 0.3) is 10.9 Å². The van der Waals surface area contributed by atoms with E-state index in [9.17, 15) is 9.00 Å². The summed E-state index contributed by atoms with van der Waals surface area (Å²) in [5.41, 5.74) is 4.26. The maximum Gasteiger partial charge on any atom is 0.166 e. The highest BCUT2D eigenvalue weighted by atomic mass is 32.2. The van der Waals surface area contributed by atoms with Crippen LogP contribution in [0.1, 0.15) is 42.6 Å². The molecule has 1 unspecified atom stereocenters. The number of aromatic nitrogens is 1. The number of anilines is 2. The smallest absolute Gasteiger partial charge is 0.166 e. The van der Waals surface area contributed by atoms with E-state index in [1.54, 1.807) is 6.20 Å². The standard InChI is InChI=1S/C23H26N2O2S/c1-3-13-28(27)14-12-17-10-11-21-19(15-17)23(20(16-24-21)22(26)4-2)25-18-8-6-5-7-9-18/h5-11,15-16H,3-4,12-14H2,1-2H3,(H,24,25). The molecule has 3 aromatic rings. The van der Waals surface area contributed by atoms with E-state index in [4.69, 9.17) is 0 Å². The predicted octanol–water partition coefficient (Wildman–Crippen LogP) is 5.27. The Labute approximate surface area is 168 Å². The third kappa shape index (κ3) is 4.84. The molecule has 1 aromatic heterocycles. The zero-order valence-electron chi connectivity index (χ0n) is 16.4. The molecule has 0 amide bonds. The summed E-state index contributed by atoms with van der Waals surface area (Å²) in [4.78, 5) is 17.0. The Morgan fingerprint density at radius 3 is 2.57 bits per heavy atom. The number of rotatable bonds is 9. The zero-order valence-corrected chi connectivity index (χ0v) is 17.2. The Hall–Kier alpha value is -2.53. The van der Waals surface area contributed by atoms with Crippen LogP contribution in [-0.2, 0) is 17.2 Å². The number of nitrogens with zero attached hydrogens (tertiary/aromatic N) is 1. The molecule has 1 heterocycles. The number of Topliss-reactive ketones (excluding diaryl/α,β-unsaturated/α-hetero) is 1. The molecule has 0 spiro atoms. The molecule has 0 fully saturated rings.